The van der Waals surface area contributed by atoms with Gasteiger partial charge in [0.1, 0.15) is 9.84 Å². The standard InChI is InChI=1S/C12H17BrN2O3S/c1-8-5-4-6-10(11(8)13)15-12(16)14-9(2)7-19(3,17)18/h4-6,9H,7H2,1-3H3,(H2,14,15,16)/t9-/m1/s1. The molecule has 106 valence electrons. The van der Waals surface area contributed by atoms with Crippen LogP contribution in [0.3, 0.4) is 0 Å². The van der Waals surface area contributed by atoms with Crippen LogP contribution in [-0.2, 0) is 9.84 Å². The molecule has 2 amide bonds. The summed E-state index contributed by atoms with van der Waals surface area (Å²) in [7, 11) is -3.11. The van der Waals surface area contributed by atoms with E-state index in [-0.39, 0.29) is 5.75 Å². The Bertz CT molecular complexity index is 572. The van der Waals surface area contributed by atoms with Crippen LogP contribution >= 0.6 is 15.9 Å². The van der Waals surface area contributed by atoms with Crippen molar-refractivity contribution in [3.8, 4) is 0 Å². The molecule has 7 heteroatoms. The summed E-state index contributed by atoms with van der Waals surface area (Å²) in [5.74, 6) is -0.0879. The highest BCUT2D eigenvalue weighted by molar-refractivity contribution is 9.10. The van der Waals surface area contributed by atoms with Crippen LogP contribution in [0.5, 0.6) is 0 Å². The molecular formula is C12H17BrN2O3S. The smallest absolute Gasteiger partial charge is 0.319 e. The summed E-state index contributed by atoms with van der Waals surface area (Å²) in [4.78, 5) is 11.7. The summed E-state index contributed by atoms with van der Waals surface area (Å²) < 4.78 is 23.0. The van der Waals surface area contributed by atoms with Crippen LogP contribution in [0.1, 0.15) is 12.5 Å². The fourth-order valence-electron chi connectivity index (χ4n) is 1.62. The highest BCUT2D eigenvalue weighted by Crippen LogP contribution is 2.25. The Kier molecular flexibility index (Phi) is 5.37. The molecule has 0 aromatic heterocycles. The maximum atomic E-state index is 11.7. The molecule has 1 rings (SSSR count). The number of carbonyl (C=O) groups is 1. The molecule has 0 radical (unpaired) electrons. The molecule has 2 N–H and O–H groups in total. The number of benzene rings is 1. The lowest BCUT2D eigenvalue weighted by atomic mass is 10.2. The van der Waals surface area contributed by atoms with Crippen LogP contribution in [-0.4, -0.2) is 32.5 Å². The molecule has 19 heavy (non-hydrogen) atoms. The van der Waals surface area contributed by atoms with Gasteiger partial charge in [-0.05, 0) is 41.4 Å². The minimum absolute atomic E-state index is 0.0879. The molecule has 0 bridgehead atoms. The van der Waals surface area contributed by atoms with E-state index in [0.717, 1.165) is 16.3 Å². The van der Waals surface area contributed by atoms with Gasteiger partial charge < -0.3 is 10.6 Å². The van der Waals surface area contributed by atoms with Crippen LogP contribution < -0.4 is 10.6 Å². The molecule has 5 nitrogen and oxygen atoms in total. The maximum absolute atomic E-state index is 11.7. The summed E-state index contributed by atoms with van der Waals surface area (Å²) in [5, 5.41) is 5.26. The molecule has 0 aliphatic rings. The van der Waals surface area contributed by atoms with Crippen LogP contribution in [0.4, 0.5) is 10.5 Å². The van der Waals surface area contributed by atoms with E-state index in [1.54, 1.807) is 13.0 Å². The number of urea groups is 1. The van der Waals surface area contributed by atoms with Gasteiger partial charge in [-0.25, -0.2) is 13.2 Å². The van der Waals surface area contributed by atoms with Crippen molar-refractivity contribution in [1.82, 2.24) is 5.32 Å². The maximum Gasteiger partial charge on any atom is 0.319 e. The first-order valence-electron chi connectivity index (χ1n) is 5.69. The second kappa shape index (κ2) is 6.38. The van der Waals surface area contributed by atoms with E-state index in [9.17, 15) is 13.2 Å². The van der Waals surface area contributed by atoms with Crippen molar-refractivity contribution in [3.05, 3.63) is 28.2 Å². The molecule has 0 fully saturated rings. The minimum Gasteiger partial charge on any atom is -0.334 e. The Morgan fingerprint density at radius 1 is 1.42 bits per heavy atom. The van der Waals surface area contributed by atoms with Crippen molar-refractivity contribution in [2.75, 3.05) is 17.3 Å². The van der Waals surface area contributed by atoms with Gasteiger partial charge in [0, 0.05) is 16.8 Å². The van der Waals surface area contributed by atoms with Gasteiger partial charge in [-0.15, -0.1) is 0 Å². The first-order chi connectivity index (χ1) is 8.69. The molecule has 0 unspecified atom stereocenters. The molecule has 0 saturated carbocycles. The number of sulfone groups is 1. The fourth-order valence-corrected chi connectivity index (χ4v) is 2.98. The van der Waals surface area contributed by atoms with E-state index >= 15 is 0 Å². The van der Waals surface area contributed by atoms with Gasteiger partial charge in [0.15, 0.2) is 0 Å². The van der Waals surface area contributed by atoms with Crippen molar-refractivity contribution in [1.29, 1.82) is 0 Å². The predicted molar refractivity (Wildman–Crippen MR) is 80.2 cm³/mol. The Labute approximate surface area is 121 Å². The molecule has 0 saturated heterocycles. The molecule has 0 aliphatic heterocycles. The van der Waals surface area contributed by atoms with E-state index < -0.39 is 21.9 Å². The summed E-state index contributed by atoms with van der Waals surface area (Å²) >= 11 is 3.39. The number of amides is 2. The van der Waals surface area contributed by atoms with Crippen molar-refractivity contribution >= 4 is 37.5 Å². The first-order valence-corrected chi connectivity index (χ1v) is 8.55. The van der Waals surface area contributed by atoms with Gasteiger partial charge in [0.05, 0.1) is 11.4 Å². The molecule has 0 aliphatic carbocycles. The summed E-state index contributed by atoms with van der Waals surface area (Å²) in [6.45, 7) is 3.56. The zero-order chi connectivity index (χ0) is 14.6. The van der Waals surface area contributed by atoms with Crippen LogP contribution in [0, 0.1) is 6.92 Å². The third kappa shape index (κ3) is 5.61. The number of aryl methyl sites for hydroxylation is 1. The number of hydrogen-bond donors (Lipinski definition) is 2. The second-order valence-electron chi connectivity index (χ2n) is 4.53. The van der Waals surface area contributed by atoms with Crippen molar-refractivity contribution in [2.45, 2.75) is 19.9 Å². The van der Waals surface area contributed by atoms with E-state index in [1.165, 1.54) is 0 Å². The average molecular weight is 349 g/mol. The van der Waals surface area contributed by atoms with Crippen LogP contribution in [0.15, 0.2) is 22.7 Å². The number of rotatable bonds is 4. The van der Waals surface area contributed by atoms with E-state index in [1.807, 2.05) is 19.1 Å². The molecule has 0 spiro atoms. The molecule has 1 aromatic rings. The predicted octanol–water partition coefficient (Wildman–Crippen LogP) is 2.31. The fraction of sp³-hybridized carbons (Fsp3) is 0.417. The molecular weight excluding hydrogens is 332 g/mol. The zero-order valence-corrected chi connectivity index (χ0v) is 13.4. The number of halogens is 1. The monoisotopic (exact) mass is 348 g/mol. The van der Waals surface area contributed by atoms with Crippen molar-refractivity contribution in [2.24, 2.45) is 0 Å². The Hall–Kier alpha value is -1.08. The lowest BCUT2D eigenvalue weighted by molar-refractivity contribution is 0.250. The largest absolute Gasteiger partial charge is 0.334 e. The van der Waals surface area contributed by atoms with Gasteiger partial charge in [0.2, 0.25) is 0 Å². The highest BCUT2D eigenvalue weighted by atomic mass is 79.9. The normalized spacial score (nSPS) is 12.8. The third-order valence-electron chi connectivity index (χ3n) is 2.37. The van der Waals surface area contributed by atoms with Crippen molar-refractivity contribution < 1.29 is 13.2 Å². The van der Waals surface area contributed by atoms with Crippen molar-refractivity contribution in [3.63, 3.8) is 0 Å². The number of hydrogen-bond acceptors (Lipinski definition) is 3. The second-order valence-corrected chi connectivity index (χ2v) is 7.51. The SMILES string of the molecule is Cc1cccc(NC(=O)N[C@H](C)CS(C)(=O)=O)c1Br. The zero-order valence-electron chi connectivity index (χ0n) is 11.0. The van der Waals surface area contributed by atoms with Gasteiger partial charge in [-0.1, -0.05) is 12.1 Å². The quantitative estimate of drug-likeness (QED) is 0.876. The summed E-state index contributed by atoms with van der Waals surface area (Å²) in [6.07, 6.45) is 1.14. The van der Waals surface area contributed by atoms with Gasteiger partial charge in [0.25, 0.3) is 0 Å². The summed E-state index contributed by atoms with van der Waals surface area (Å²) in [5.41, 5.74) is 1.64. The van der Waals surface area contributed by atoms with Crippen LogP contribution in [0.2, 0.25) is 0 Å². The Morgan fingerprint density at radius 3 is 2.63 bits per heavy atom. The first kappa shape index (κ1) is 16.0. The minimum atomic E-state index is -3.11. The number of nitrogens with one attached hydrogen (secondary N) is 2. The Balaban J connectivity index is 2.63. The number of carbonyl (C=O) groups excluding carboxylic acids is 1. The van der Waals surface area contributed by atoms with E-state index in [4.69, 9.17) is 0 Å². The Morgan fingerprint density at radius 2 is 2.05 bits per heavy atom. The van der Waals surface area contributed by atoms with Gasteiger partial charge in [-0.3, -0.25) is 0 Å². The molecule has 0 heterocycles. The van der Waals surface area contributed by atoms with Gasteiger partial charge >= 0.3 is 6.03 Å². The number of anilines is 1. The lowest BCUT2D eigenvalue weighted by Gasteiger charge is -2.14. The highest BCUT2D eigenvalue weighted by Gasteiger charge is 2.14. The summed E-state index contributed by atoms with van der Waals surface area (Å²) in [6, 6.07) is 4.63. The average Bonchev–Trinajstić information content (AvgIpc) is 2.21. The van der Waals surface area contributed by atoms with Gasteiger partial charge in [-0.2, -0.15) is 0 Å². The molecule has 1 aromatic carbocycles. The lowest BCUT2D eigenvalue weighted by Crippen LogP contribution is -2.40. The van der Waals surface area contributed by atoms with E-state index in [0.29, 0.717) is 5.69 Å². The topological polar surface area (TPSA) is 75.3 Å². The van der Waals surface area contributed by atoms with E-state index in [2.05, 4.69) is 26.6 Å². The third-order valence-corrected chi connectivity index (χ3v) is 4.53. The van der Waals surface area contributed by atoms with Crippen LogP contribution in [0.25, 0.3) is 0 Å². The molecule has 1 atom stereocenters.